The second kappa shape index (κ2) is 3.76. The molecule has 0 bridgehead atoms. The van der Waals surface area contributed by atoms with Crippen LogP contribution < -0.4 is 0 Å². The number of benzene rings is 1. The minimum atomic E-state index is 1.07. The van der Waals surface area contributed by atoms with E-state index in [-0.39, 0.29) is 0 Å². The molecule has 0 unspecified atom stereocenters. The lowest BCUT2D eigenvalue weighted by atomic mass is 10.1. The van der Waals surface area contributed by atoms with Crippen LogP contribution >= 0.6 is 8.35 Å². The maximum absolute atomic E-state index is 3.22. The van der Waals surface area contributed by atoms with Crippen molar-refractivity contribution in [3.05, 3.63) is 53.0 Å². The van der Waals surface area contributed by atoms with E-state index in [0.29, 0.717) is 0 Å². The van der Waals surface area contributed by atoms with Gasteiger partial charge >= 0.3 is 0 Å². The lowest BCUT2D eigenvalue weighted by molar-refractivity contribution is 1.21. The van der Waals surface area contributed by atoms with Crippen molar-refractivity contribution in [3.63, 3.8) is 0 Å². The van der Waals surface area contributed by atoms with Crippen LogP contribution in [0.2, 0.25) is 0 Å². The first-order chi connectivity index (χ1) is 6.36. The molecule has 0 aliphatic heterocycles. The van der Waals surface area contributed by atoms with Crippen LogP contribution in [-0.4, -0.2) is 4.75 Å². The second-order valence-electron chi connectivity index (χ2n) is 3.18. The van der Waals surface area contributed by atoms with Crippen molar-refractivity contribution in [3.8, 4) is 0 Å². The van der Waals surface area contributed by atoms with E-state index in [1.165, 1.54) is 24.8 Å². The van der Waals surface area contributed by atoms with Crippen LogP contribution in [0.15, 0.2) is 36.5 Å². The number of hydrogen-bond acceptors (Lipinski definition) is 0. The highest BCUT2D eigenvalue weighted by Crippen LogP contribution is 2.20. The minimum absolute atomic E-state index is 1.07. The third-order valence-electron chi connectivity index (χ3n) is 2.15. The molecule has 1 nitrogen and oxygen atoms in total. The molecule has 13 heavy (non-hydrogen) atoms. The van der Waals surface area contributed by atoms with Gasteiger partial charge in [0, 0.05) is 26.3 Å². The highest BCUT2D eigenvalue weighted by Gasteiger charge is 2.00. The van der Waals surface area contributed by atoms with Gasteiger partial charge in [0.2, 0.25) is 0 Å². The Bertz CT molecular complexity index is 378. The Morgan fingerprint density at radius 3 is 2.62 bits per heavy atom. The van der Waals surface area contributed by atoms with Crippen molar-refractivity contribution >= 4 is 8.35 Å². The third kappa shape index (κ3) is 1.99. The van der Waals surface area contributed by atoms with E-state index >= 15 is 0 Å². The lowest BCUT2D eigenvalue weighted by Crippen LogP contribution is -1.84. The Kier molecular flexibility index (Phi) is 2.47. The molecule has 0 saturated heterocycles. The fraction of sp³-hybridized carbons (Fsp3) is 0.182. The van der Waals surface area contributed by atoms with Crippen LogP contribution in [0.3, 0.4) is 0 Å². The smallest absolute Gasteiger partial charge is 0.0145 e. The van der Waals surface area contributed by atoms with E-state index in [4.69, 9.17) is 0 Å². The SMILES string of the molecule is Cc1c[nH]pc1Cc1ccccc1. The average molecular weight is 189 g/mol. The zero-order valence-corrected chi connectivity index (χ0v) is 8.51. The Labute approximate surface area is 80.0 Å². The van der Waals surface area contributed by atoms with Crippen LogP contribution in [-0.2, 0) is 6.42 Å². The quantitative estimate of drug-likeness (QED) is 0.744. The highest BCUT2D eigenvalue weighted by molar-refractivity contribution is 7.26. The molecule has 2 aromatic rings. The number of rotatable bonds is 2. The largest absolute Gasteiger partial charge is 0.344 e. The van der Waals surface area contributed by atoms with Crippen LogP contribution in [0.1, 0.15) is 16.4 Å². The molecule has 0 aliphatic carbocycles. The molecular formula is C11H12NP. The summed E-state index contributed by atoms with van der Waals surface area (Å²) in [5, 5.41) is 1.48. The summed E-state index contributed by atoms with van der Waals surface area (Å²) in [4.78, 5) is 0. The van der Waals surface area contributed by atoms with Crippen LogP contribution in [0.25, 0.3) is 0 Å². The molecule has 1 N–H and O–H groups in total. The summed E-state index contributed by atoms with van der Waals surface area (Å²) in [5.74, 6) is 0. The van der Waals surface area contributed by atoms with Crippen molar-refractivity contribution in [2.45, 2.75) is 13.3 Å². The Hall–Kier alpha value is -1.07. The molecule has 1 heterocycles. The molecule has 0 saturated carbocycles. The van der Waals surface area contributed by atoms with Crippen LogP contribution in [0.4, 0.5) is 0 Å². The Morgan fingerprint density at radius 2 is 2.00 bits per heavy atom. The summed E-state index contributed by atoms with van der Waals surface area (Å²) in [6.45, 7) is 2.16. The van der Waals surface area contributed by atoms with Gasteiger partial charge < -0.3 is 4.75 Å². The molecular weight excluding hydrogens is 177 g/mol. The summed E-state index contributed by atoms with van der Waals surface area (Å²) < 4.78 is 3.22. The molecule has 2 rings (SSSR count). The predicted octanol–water partition coefficient (Wildman–Crippen LogP) is 3.49. The van der Waals surface area contributed by atoms with E-state index in [1.807, 2.05) is 0 Å². The first-order valence-electron chi connectivity index (χ1n) is 4.39. The first-order valence-corrected chi connectivity index (χ1v) is 5.29. The van der Waals surface area contributed by atoms with Gasteiger partial charge in [-0.05, 0) is 18.1 Å². The number of H-pyrrole nitrogens is 1. The maximum atomic E-state index is 3.22. The van der Waals surface area contributed by atoms with Gasteiger partial charge in [-0.25, -0.2) is 0 Å². The molecule has 0 aliphatic rings. The number of hydrogen-bond donors (Lipinski definition) is 1. The molecule has 66 valence electrons. The maximum Gasteiger partial charge on any atom is 0.0145 e. The fourth-order valence-electron chi connectivity index (χ4n) is 1.35. The van der Waals surface area contributed by atoms with E-state index in [9.17, 15) is 0 Å². The van der Waals surface area contributed by atoms with Gasteiger partial charge in [0.25, 0.3) is 0 Å². The minimum Gasteiger partial charge on any atom is -0.344 e. The number of aryl methyl sites for hydroxylation is 1. The van der Waals surface area contributed by atoms with Crippen LogP contribution in [0, 0.1) is 6.92 Å². The fourth-order valence-corrected chi connectivity index (χ4v) is 2.26. The molecule has 1 aromatic carbocycles. The first kappa shape index (κ1) is 8.52. The summed E-state index contributed by atoms with van der Waals surface area (Å²) in [6, 6.07) is 10.6. The van der Waals surface area contributed by atoms with E-state index in [0.717, 1.165) is 6.42 Å². The monoisotopic (exact) mass is 189 g/mol. The predicted molar refractivity (Wildman–Crippen MR) is 57.3 cm³/mol. The van der Waals surface area contributed by atoms with Crippen molar-refractivity contribution in [1.82, 2.24) is 4.75 Å². The Morgan fingerprint density at radius 1 is 1.23 bits per heavy atom. The zero-order chi connectivity index (χ0) is 9.10. The van der Waals surface area contributed by atoms with Crippen molar-refractivity contribution in [1.29, 1.82) is 0 Å². The topological polar surface area (TPSA) is 15.8 Å². The number of aromatic nitrogens is 1. The van der Waals surface area contributed by atoms with E-state index < -0.39 is 0 Å². The Balaban J connectivity index is 2.20. The van der Waals surface area contributed by atoms with Crippen molar-refractivity contribution < 1.29 is 0 Å². The van der Waals surface area contributed by atoms with Gasteiger partial charge in [-0.15, -0.1) is 0 Å². The molecule has 1 aromatic heterocycles. The third-order valence-corrected chi connectivity index (χ3v) is 3.19. The molecule has 0 amide bonds. The van der Waals surface area contributed by atoms with Gasteiger partial charge in [-0.2, -0.15) is 0 Å². The standard InChI is InChI=1S/C11H12NP/c1-9-8-12-13-11(9)7-10-5-3-2-4-6-10/h2-6,8,12H,7H2,1H3. The van der Waals surface area contributed by atoms with Crippen LogP contribution in [0.5, 0.6) is 0 Å². The molecule has 2 heteroatoms. The van der Waals surface area contributed by atoms with E-state index in [2.05, 4.69) is 48.2 Å². The van der Waals surface area contributed by atoms with Gasteiger partial charge in [-0.3, -0.25) is 0 Å². The molecule has 0 spiro atoms. The van der Waals surface area contributed by atoms with Gasteiger partial charge in [0.05, 0.1) is 0 Å². The molecule has 0 atom stereocenters. The van der Waals surface area contributed by atoms with Gasteiger partial charge in [0.15, 0.2) is 0 Å². The number of nitrogens with one attached hydrogen (secondary N) is 1. The molecule has 0 radical (unpaired) electrons. The summed E-state index contributed by atoms with van der Waals surface area (Å²) in [5.41, 5.74) is 2.77. The second-order valence-corrected chi connectivity index (χ2v) is 4.20. The number of aromatic amines is 1. The molecule has 0 fully saturated rings. The lowest BCUT2D eigenvalue weighted by Gasteiger charge is -1.98. The highest BCUT2D eigenvalue weighted by atomic mass is 31.0. The van der Waals surface area contributed by atoms with Crippen molar-refractivity contribution in [2.75, 3.05) is 0 Å². The van der Waals surface area contributed by atoms with E-state index in [1.54, 1.807) is 0 Å². The van der Waals surface area contributed by atoms with Gasteiger partial charge in [0.1, 0.15) is 0 Å². The average Bonchev–Trinajstić information content (AvgIpc) is 2.54. The zero-order valence-electron chi connectivity index (χ0n) is 7.62. The summed E-state index contributed by atoms with van der Waals surface area (Å²) in [6.07, 6.45) is 3.15. The van der Waals surface area contributed by atoms with Crippen molar-refractivity contribution in [2.24, 2.45) is 0 Å². The summed E-state index contributed by atoms with van der Waals surface area (Å²) in [7, 11) is 1.25. The summed E-state index contributed by atoms with van der Waals surface area (Å²) >= 11 is 0. The van der Waals surface area contributed by atoms with Gasteiger partial charge in [-0.1, -0.05) is 30.3 Å². The normalized spacial score (nSPS) is 10.8.